The number of hydrogen-bond donors (Lipinski definition) is 5. The summed E-state index contributed by atoms with van der Waals surface area (Å²) in [4.78, 5) is 41.0. The molecule has 2 aromatic rings. The molecule has 0 radical (unpaired) electrons. The minimum atomic E-state index is -5.13. The number of carboxylic acids is 1. The van der Waals surface area contributed by atoms with Crippen molar-refractivity contribution in [3.63, 3.8) is 0 Å². The smallest absolute Gasteiger partial charge is 0.365 e. The number of carboxylic acid groups (broad SMARTS) is 1. The first kappa shape index (κ1) is 20.5. The number of aliphatic hydroxyl groups excluding tert-OH is 1. The molecule has 15 heteroatoms. The Hall–Kier alpha value is -2.22. The highest BCUT2D eigenvalue weighted by molar-refractivity contribution is 7.53. The van der Waals surface area contributed by atoms with E-state index in [9.17, 15) is 18.9 Å². The molecule has 1 fully saturated rings. The van der Waals surface area contributed by atoms with Gasteiger partial charge in [0.2, 0.25) is 0 Å². The van der Waals surface area contributed by atoms with Gasteiger partial charge in [0.05, 0.1) is 12.9 Å². The molecule has 13 nitrogen and oxygen atoms in total. The Balaban J connectivity index is 1.81. The van der Waals surface area contributed by atoms with Gasteiger partial charge in [-0.25, -0.2) is 24.1 Å². The number of aliphatic hydroxyl groups is 1. The second-order valence-corrected chi connectivity index (χ2v) is 7.74. The van der Waals surface area contributed by atoms with Gasteiger partial charge in [0.25, 0.3) is 5.85 Å². The molecule has 0 aliphatic carbocycles. The van der Waals surface area contributed by atoms with Crippen molar-refractivity contribution in [3.05, 3.63) is 12.2 Å². The maximum atomic E-state index is 14.6. The summed E-state index contributed by atoms with van der Waals surface area (Å²) in [6.07, 6.45) is -5.35. The van der Waals surface area contributed by atoms with Gasteiger partial charge in [0, 0.05) is 0 Å². The number of ether oxygens (including phenoxy) is 2. The van der Waals surface area contributed by atoms with Gasteiger partial charge in [-0.3, -0.25) is 9.13 Å². The summed E-state index contributed by atoms with van der Waals surface area (Å²) in [5.74, 6) is -4.00. The van der Waals surface area contributed by atoms with Crippen LogP contribution in [-0.4, -0.2) is 76.3 Å². The SMILES string of the molecule is Cc1nc(N)c2ncn([C@@H]3O[C@H](CO[C@@H](C(=O)O)P(=O)(O)O)[C@@H](O)[C@@H]3F)c2n1. The Morgan fingerprint density at radius 1 is 1.50 bits per heavy atom. The zero-order valence-corrected chi connectivity index (χ0v) is 15.2. The van der Waals surface area contributed by atoms with Crippen molar-refractivity contribution < 1.29 is 43.2 Å². The molecule has 0 spiro atoms. The highest BCUT2D eigenvalue weighted by Crippen LogP contribution is 2.42. The average molecular weight is 421 g/mol. The number of aliphatic carboxylic acids is 1. The normalized spacial score (nSPS) is 26.6. The number of halogens is 1. The highest BCUT2D eigenvalue weighted by Gasteiger charge is 2.47. The van der Waals surface area contributed by atoms with Crippen molar-refractivity contribution in [2.24, 2.45) is 0 Å². The van der Waals surface area contributed by atoms with E-state index in [2.05, 4.69) is 19.7 Å². The topological polar surface area (TPSA) is 203 Å². The molecule has 1 saturated heterocycles. The van der Waals surface area contributed by atoms with Crippen LogP contribution in [0.2, 0.25) is 0 Å². The molecule has 0 unspecified atom stereocenters. The summed E-state index contributed by atoms with van der Waals surface area (Å²) in [6, 6.07) is 0. The monoisotopic (exact) mass is 421 g/mol. The van der Waals surface area contributed by atoms with E-state index in [0.29, 0.717) is 5.82 Å². The first-order valence-corrected chi connectivity index (χ1v) is 9.52. The molecular formula is C13H17FN5O8P. The summed E-state index contributed by atoms with van der Waals surface area (Å²) in [6.45, 7) is 0.790. The molecule has 0 saturated carbocycles. The lowest BCUT2D eigenvalue weighted by molar-refractivity contribution is -0.149. The van der Waals surface area contributed by atoms with E-state index in [-0.39, 0.29) is 17.0 Å². The first-order chi connectivity index (χ1) is 13.0. The number of imidazole rings is 1. The molecule has 154 valence electrons. The van der Waals surface area contributed by atoms with E-state index >= 15 is 0 Å². The Bertz CT molecular complexity index is 950. The standard InChI is InChI=1S/C13H17FN5O8P/c1-4-17-9(15)7-10(18-4)19(3-16-7)11-6(14)8(20)5(27-11)2-26-13(12(21)22)28(23,24)25/h3,5-6,8,11,13,20H,2H2,1H3,(H,21,22)(H2,15,17,18)(H2,23,24,25)/t5-,6+,8-,11-,13-/m1/s1. The van der Waals surface area contributed by atoms with E-state index in [1.54, 1.807) is 6.92 Å². The zero-order valence-electron chi connectivity index (χ0n) is 14.3. The molecule has 6 N–H and O–H groups in total. The Morgan fingerprint density at radius 3 is 2.79 bits per heavy atom. The fourth-order valence-electron chi connectivity index (χ4n) is 2.80. The summed E-state index contributed by atoms with van der Waals surface area (Å²) in [5.41, 5.74) is 6.10. The molecule has 0 amide bonds. The van der Waals surface area contributed by atoms with Crippen molar-refractivity contribution >= 4 is 30.5 Å². The van der Waals surface area contributed by atoms with Crippen LogP contribution in [0.15, 0.2) is 6.33 Å². The van der Waals surface area contributed by atoms with Crippen LogP contribution in [0.4, 0.5) is 10.2 Å². The van der Waals surface area contributed by atoms with E-state index in [4.69, 9.17) is 25.4 Å². The van der Waals surface area contributed by atoms with Gasteiger partial charge in [-0.2, -0.15) is 0 Å². The van der Waals surface area contributed by atoms with Crippen molar-refractivity contribution in [1.82, 2.24) is 19.5 Å². The molecule has 3 rings (SSSR count). The van der Waals surface area contributed by atoms with Crippen molar-refractivity contribution in [2.75, 3.05) is 12.3 Å². The Morgan fingerprint density at radius 2 is 2.18 bits per heavy atom. The van der Waals surface area contributed by atoms with Crippen molar-refractivity contribution in [2.45, 2.75) is 37.4 Å². The van der Waals surface area contributed by atoms with Crippen LogP contribution in [-0.2, 0) is 18.8 Å². The minimum Gasteiger partial charge on any atom is -0.479 e. The first-order valence-electron chi connectivity index (χ1n) is 7.84. The van der Waals surface area contributed by atoms with Crippen LogP contribution in [0.5, 0.6) is 0 Å². The van der Waals surface area contributed by atoms with Crippen LogP contribution in [0, 0.1) is 6.92 Å². The maximum Gasteiger partial charge on any atom is 0.365 e. The van der Waals surface area contributed by atoms with Gasteiger partial charge in [0.15, 0.2) is 23.9 Å². The summed E-state index contributed by atoms with van der Waals surface area (Å²) in [7, 11) is -5.13. The molecule has 1 aliphatic rings. The van der Waals surface area contributed by atoms with Crippen LogP contribution < -0.4 is 5.73 Å². The molecule has 1 aliphatic heterocycles. The van der Waals surface area contributed by atoms with Crippen LogP contribution in [0.3, 0.4) is 0 Å². The minimum absolute atomic E-state index is 0.0704. The number of fused-ring (bicyclic) bond motifs is 1. The number of anilines is 1. The molecular weight excluding hydrogens is 404 g/mol. The average Bonchev–Trinajstić information content (AvgIpc) is 3.09. The van der Waals surface area contributed by atoms with E-state index in [1.807, 2.05) is 0 Å². The van der Waals surface area contributed by atoms with Crippen LogP contribution in [0.25, 0.3) is 11.2 Å². The van der Waals surface area contributed by atoms with Crippen molar-refractivity contribution in [3.8, 4) is 0 Å². The Labute approximate surface area is 156 Å². The van der Waals surface area contributed by atoms with E-state index in [1.165, 1.54) is 10.9 Å². The summed E-state index contributed by atoms with van der Waals surface area (Å²) >= 11 is 0. The molecule has 3 heterocycles. The predicted octanol–water partition coefficient (Wildman–Crippen LogP) is -1.08. The maximum absolute atomic E-state index is 14.6. The van der Waals surface area contributed by atoms with Crippen molar-refractivity contribution in [1.29, 1.82) is 0 Å². The highest BCUT2D eigenvalue weighted by atomic mass is 31.2. The molecule has 5 atom stereocenters. The number of hydrogen-bond acceptors (Lipinski definition) is 9. The zero-order chi connectivity index (χ0) is 20.8. The van der Waals surface area contributed by atoms with Gasteiger partial charge in [-0.1, -0.05) is 0 Å². The number of nitrogen functional groups attached to an aromatic ring is 1. The third-order valence-corrected chi connectivity index (χ3v) is 5.04. The number of nitrogens with two attached hydrogens (primary N) is 1. The fraction of sp³-hybridized carbons (Fsp3) is 0.538. The third-order valence-electron chi connectivity index (χ3n) is 4.06. The van der Waals surface area contributed by atoms with Gasteiger partial charge in [-0.15, -0.1) is 0 Å². The largest absolute Gasteiger partial charge is 0.479 e. The number of nitrogens with zero attached hydrogens (tertiary/aromatic N) is 4. The van der Waals surface area contributed by atoms with Gasteiger partial charge in [0.1, 0.15) is 23.5 Å². The Kier molecular flexibility index (Phi) is 5.36. The molecule has 0 bridgehead atoms. The quantitative estimate of drug-likeness (QED) is 0.353. The number of aromatic nitrogens is 4. The lowest BCUT2D eigenvalue weighted by Crippen LogP contribution is -2.35. The van der Waals surface area contributed by atoms with Gasteiger partial charge < -0.3 is 35.2 Å². The third kappa shape index (κ3) is 3.70. The van der Waals surface area contributed by atoms with Crippen LogP contribution >= 0.6 is 7.60 Å². The van der Waals surface area contributed by atoms with E-state index < -0.39 is 50.6 Å². The number of aryl methyl sites for hydroxylation is 1. The van der Waals surface area contributed by atoms with E-state index in [0.717, 1.165) is 0 Å². The second-order valence-electron chi connectivity index (χ2n) is 6.09. The number of alkyl halides is 1. The van der Waals surface area contributed by atoms with Crippen LogP contribution in [0.1, 0.15) is 12.1 Å². The summed E-state index contributed by atoms with van der Waals surface area (Å²) in [5, 5.41) is 18.9. The molecule has 2 aromatic heterocycles. The van der Waals surface area contributed by atoms with Gasteiger partial charge >= 0.3 is 13.6 Å². The summed E-state index contributed by atoms with van der Waals surface area (Å²) < 4.78 is 37.0. The number of rotatable bonds is 6. The van der Waals surface area contributed by atoms with Gasteiger partial charge in [-0.05, 0) is 6.92 Å². The lowest BCUT2D eigenvalue weighted by Gasteiger charge is -2.19. The molecule has 0 aromatic carbocycles. The predicted molar refractivity (Wildman–Crippen MR) is 88.7 cm³/mol. The fourth-order valence-corrected chi connectivity index (χ4v) is 3.37. The second kappa shape index (κ2) is 7.31. The number of carbonyl (C=O) groups is 1. The molecule has 28 heavy (non-hydrogen) atoms. The lowest BCUT2D eigenvalue weighted by atomic mass is 10.1.